The first-order chi connectivity index (χ1) is 16.2. The number of aromatic nitrogens is 3. The van der Waals surface area contributed by atoms with Gasteiger partial charge in [0.1, 0.15) is 17.7 Å². The molecule has 0 saturated carbocycles. The molecule has 5 rings (SSSR count). The Morgan fingerprint density at radius 1 is 1.15 bits per heavy atom. The van der Waals surface area contributed by atoms with Gasteiger partial charge in [-0.2, -0.15) is 14.1 Å². The number of nitrogens with zero attached hydrogens (tertiary/aromatic N) is 4. The molecule has 34 heavy (non-hydrogen) atoms. The maximum atomic E-state index is 13.6. The third-order valence-corrected chi connectivity index (χ3v) is 8.65. The number of benzene rings is 2. The Bertz CT molecular complexity index is 1490. The van der Waals surface area contributed by atoms with Crippen molar-refractivity contribution < 1.29 is 17.6 Å². The Hall–Kier alpha value is -3.15. The number of halogens is 1. The number of thiazole rings is 1. The van der Waals surface area contributed by atoms with Crippen molar-refractivity contribution >= 4 is 43.3 Å². The van der Waals surface area contributed by atoms with Crippen molar-refractivity contribution in [1.29, 1.82) is 0 Å². The second-order valence-corrected chi connectivity index (χ2v) is 11.2. The van der Waals surface area contributed by atoms with E-state index >= 15 is 0 Å². The minimum Gasteiger partial charge on any atom is -0.309 e. The van der Waals surface area contributed by atoms with Crippen LogP contribution in [0.25, 0.3) is 15.3 Å². The van der Waals surface area contributed by atoms with E-state index in [0.29, 0.717) is 39.7 Å². The second kappa shape index (κ2) is 8.57. The summed E-state index contributed by atoms with van der Waals surface area (Å²) in [4.78, 5) is 17.9. The van der Waals surface area contributed by atoms with E-state index in [9.17, 15) is 17.6 Å². The molecule has 0 spiro atoms. The van der Waals surface area contributed by atoms with Crippen LogP contribution in [0.2, 0.25) is 0 Å². The van der Waals surface area contributed by atoms with Gasteiger partial charge in [0.25, 0.3) is 0 Å². The van der Waals surface area contributed by atoms with E-state index in [0.717, 1.165) is 5.56 Å². The van der Waals surface area contributed by atoms with Gasteiger partial charge in [0, 0.05) is 12.6 Å². The van der Waals surface area contributed by atoms with Crippen LogP contribution in [-0.2, 0) is 14.8 Å². The fourth-order valence-corrected chi connectivity index (χ4v) is 6.67. The molecule has 4 aromatic rings. The number of sulfonamides is 1. The fourth-order valence-electron chi connectivity index (χ4n) is 4.06. The summed E-state index contributed by atoms with van der Waals surface area (Å²) < 4.78 is 43.5. The molecule has 1 amide bonds. The lowest BCUT2D eigenvalue weighted by molar-refractivity contribution is -0.119. The van der Waals surface area contributed by atoms with Gasteiger partial charge in [-0.25, -0.2) is 17.8 Å². The molecule has 3 heterocycles. The van der Waals surface area contributed by atoms with Crippen molar-refractivity contribution in [3.8, 4) is 5.13 Å². The fraction of sp³-hybridized carbons (Fsp3) is 0.261. The van der Waals surface area contributed by atoms with Gasteiger partial charge in [-0.1, -0.05) is 29.0 Å². The summed E-state index contributed by atoms with van der Waals surface area (Å²) in [6.07, 6.45) is 1.01. The quantitative estimate of drug-likeness (QED) is 0.447. The lowest BCUT2D eigenvalue weighted by Gasteiger charge is -2.23. The zero-order chi connectivity index (χ0) is 24.0. The van der Waals surface area contributed by atoms with Gasteiger partial charge in [-0.15, -0.1) is 0 Å². The van der Waals surface area contributed by atoms with Crippen LogP contribution in [0.5, 0.6) is 0 Å². The molecular weight excluding hydrogens is 477 g/mol. The maximum Gasteiger partial charge on any atom is 0.243 e. The van der Waals surface area contributed by atoms with Crippen molar-refractivity contribution in [3.63, 3.8) is 0 Å². The molecule has 0 aliphatic carbocycles. The highest BCUT2D eigenvalue weighted by molar-refractivity contribution is 7.89. The zero-order valence-electron chi connectivity index (χ0n) is 18.5. The van der Waals surface area contributed by atoms with Crippen molar-refractivity contribution in [2.24, 2.45) is 0 Å². The summed E-state index contributed by atoms with van der Waals surface area (Å²) in [5.74, 6) is -0.410. The first kappa shape index (κ1) is 22.6. The largest absolute Gasteiger partial charge is 0.309 e. The zero-order valence-corrected chi connectivity index (χ0v) is 20.2. The SMILES string of the molecule is Cc1ccc(S(=O)(=O)N2CCCC2C(=O)Nc2cc(C)nn2-c2nc3ccc(F)cc3s2)cc1. The number of amides is 1. The molecule has 0 radical (unpaired) electrons. The van der Waals surface area contributed by atoms with Gasteiger partial charge in [-0.05, 0) is 57.0 Å². The number of nitrogens with one attached hydrogen (secondary N) is 1. The van der Waals surface area contributed by atoms with Gasteiger partial charge >= 0.3 is 0 Å². The van der Waals surface area contributed by atoms with E-state index in [2.05, 4.69) is 15.4 Å². The number of carbonyl (C=O) groups is 1. The Balaban J connectivity index is 1.42. The number of anilines is 1. The number of fused-ring (bicyclic) bond motifs is 1. The van der Waals surface area contributed by atoms with Crippen LogP contribution in [0, 0.1) is 19.7 Å². The van der Waals surface area contributed by atoms with Crippen LogP contribution < -0.4 is 5.32 Å². The second-order valence-electron chi connectivity index (χ2n) is 8.27. The molecular formula is C23H22FN5O3S2. The third kappa shape index (κ3) is 4.10. The number of rotatable bonds is 5. The maximum absolute atomic E-state index is 13.6. The smallest absolute Gasteiger partial charge is 0.243 e. The summed E-state index contributed by atoms with van der Waals surface area (Å²) >= 11 is 1.25. The molecule has 1 fully saturated rings. The predicted molar refractivity (Wildman–Crippen MR) is 128 cm³/mol. The van der Waals surface area contributed by atoms with E-state index in [4.69, 9.17) is 0 Å². The van der Waals surface area contributed by atoms with Gasteiger partial charge < -0.3 is 5.32 Å². The summed E-state index contributed by atoms with van der Waals surface area (Å²) in [5, 5.41) is 7.74. The molecule has 176 valence electrons. The Labute approximate surface area is 200 Å². The number of carbonyl (C=O) groups excluding carboxylic acids is 1. The molecule has 1 saturated heterocycles. The molecule has 0 bridgehead atoms. The first-order valence-electron chi connectivity index (χ1n) is 10.7. The Kier molecular flexibility index (Phi) is 5.70. The van der Waals surface area contributed by atoms with Gasteiger partial charge in [0.15, 0.2) is 0 Å². The van der Waals surface area contributed by atoms with Crippen LogP contribution in [0.15, 0.2) is 53.4 Å². The molecule has 11 heteroatoms. The molecule has 1 unspecified atom stereocenters. The molecule has 2 aromatic heterocycles. The average molecular weight is 500 g/mol. The molecule has 1 atom stereocenters. The Morgan fingerprint density at radius 3 is 2.68 bits per heavy atom. The number of aryl methyl sites for hydroxylation is 2. The van der Waals surface area contributed by atoms with Crippen LogP contribution in [0.1, 0.15) is 24.1 Å². The van der Waals surface area contributed by atoms with Crippen molar-refractivity contribution in [1.82, 2.24) is 19.1 Å². The predicted octanol–water partition coefficient (Wildman–Crippen LogP) is 4.03. The summed E-state index contributed by atoms with van der Waals surface area (Å²) in [5.41, 5.74) is 2.23. The monoisotopic (exact) mass is 499 g/mol. The van der Waals surface area contributed by atoms with Gasteiger partial charge in [0.05, 0.1) is 20.8 Å². The van der Waals surface area contributed by atoms with Crippen LogP contribution in [0.3, 0.4) is 0 Å². The highest BCUT2D eigenvalue weighted by Gasteiger charge is 2.39. The molecule has 1 aliphatic rings. The summed E-state index contributed by atoms with van der Waals surface area (Å²) in [6, 6.07) is 11.8. The topological polar surface area (TPSA) is 97.2 Å². The minimum atomic E-state index is -3.82. The van der Waals surface area contributed by atoms with Gasteiger partial charge in [-0.3, -0.25) is 4.79 Å². The van der Waals surface area contributed by atoms with Crippen LogP contribution in [-0.4, -0.2) is 46.0 Å². The average Bonchev–Trinajstić information content (AvgIpc) is 3.52. The van der Waals surface area contributed by atoms with Gasteiger partial charge in [0.2, 0.25) is 21.1 Å². The van der Waals surface area contributed by atoms with Crippen molar-refractivity contribution in [2.45, 2.75) is 37.6 Å². The molecule has 2 aromatic carbocycles. The highest BCUT2D eigenvalue weighted by Crippen LogP contribution is 2.30. The lowest BCUT2D eigenvalue weighted by Crippen LogP contribution is -2.43. The van der Waals surface area contributed by atoms with E-state index < -0.39 is 22.0 Å². The normalized spacial score (nSPS) is 16.9. The Morgan fingerprint density at radius 2 is 1.91 bits per heavy atom. The van der Waals surface area contributed by atoms with Crippen LogP contribution >= 0.6 is 11.3 Å². The third-order valence-electron chi connectivity index (χ3n) is 5.74. The van der Waals surface area contributed by atoms with E-state index in [1.807, 2.05) is 6.92 Å². The van der Waals surface area contributed by atoms with Crippen molar-refractivity contribution in [2.75, 3.05) is 11.9 Å². The van der Waals surface area contributed by atoms with E-state index in [1.165, 1.54) is 32.5 Å². The molecule has 8 nitrogen and oxygen atoms in total. The lowest BCUT2D eigenvalue weighted by atomic mass is 10.2. The van der Waals surface area contributed by atoms with E-state index in [-0.39, 0.29) is 17.3 Å². The van der Waals surface area contributed by atoms with Crippen molar-refractivity contribution in [3.05, 3.63) is 65.6 Å². The highest BCUT2D eigenvalue weighted by atomic mass is 32.2. The first-order valence-corrected chi connectivity index (χ1v) is 13.0. The van der Waals surface area contributed by atoms with E-state index in [1.54, 1.807) is 43.3 Å². The molecule has 1 aliphatic heterocycles. The minimum absolute atomic E-state index is 0.167. The summed E-state index contributed by atoms with van der Waals surface area (Å²) in [6.45, 7) is 3.94. The van der Waals surface area contributed by atoms with Crippen LogP contribution in [0.4, 0.5) is 10.2 Å². The number of hydrogen-bond donors (Lipinski definition) is 1. The standard InChI is InChI=1S/C23H22FN5O3S2/c1-14-5-8-17(9-6-14)34(31,32)28-11-3-4-19(28)22(30)26-21-12-15(2)27-29(21)23-25-18-10-7-16(24)13-20(18)33-23/h5-10,12-13,19H,3-4,11H2,1-2H3,(H,26,30). The molecule has 1 N–H and O–H groups in total. The number of hydrogen-bond acceptors (Lipinski definition) is 6. The summed E-state index contributed by atoms with van der Waals surface area (Å²) in [7, 11) is -3.82.